The van der Waals surface area contributed by atoms with Crippen LogP contribution in [0.1, 0.15) is 18.2 Å². The van der Waals surface area contributed by atoms with E-state index in [-0.39, 0.29) is 29.7 Å². The molecular weight excluding hydrogens is 389 g/mol. The average molecular weight is 413 g/mol. The minimum atomic E-state index is -0.350. The first-order valence-corrected chi connectivity index (χ1v) is 10.0. The van der Waals surface area contributed by atoms with Gasteiger partial charge in [0.25, 0.3) is 5.56 Å². The van der Waals surface area contributed by atoms with Crippen LogP contribution in [-0.2, 0) is 29.1 Å². The van der Waals surface area contributed by atoms with Gasteiger partial charge in [-0.25, -0.2) is 9.07 Å². The summed E-state index contributed by atoms with van der Waals surface area (Å²) in [5, 5.41) is 4.37. The number of para-hydroxylation sites is 1. The van der Waals surface area contributed by atoms with E-state index in [1.807, 2.05) is 4.90 Å². The predicted molar refractivity (Wildman–Crippen MR) is 108 cm³/mol. The van der Waals surface area contributed by atoms with Gasteiger partial charge in [-0.1, -0.05) is 12.1 Å². The number of aromatic nitrogens is 2. The van der Waals surface area contributed by atoms with Crippen molar-refractivity contribution in [3.05, 3.63) is 57.8 Å². The molecule has 1 aromatic carbocycles. The molecular formula is C21H24FN5O3. The van der Waals surface area contributed by atoms with Crippen LogP contribution in [0.4, 0.5) is 10.1 Å². The van der Waals surface area contributed by atoms with Gasteiger partial charge < -0.3 is 14.7 Å². The van der Waals surface area contributed by atoms with Crippen molar-refractivity contribution in [1.82, 2.24) is 19.6 Å². The molecule has 3 heterocycles. The largest absolute Gasteiger partial charge is 0.366 e. The number of benzene rings is 1. The van der Waals surface area contributed by atoms with E-state index in [0.717, 1.165) is 11.3 Å². The van der Waals surface area contributed by atoms with Crippen LogP contribution in [0.15, 0.2) is 35.1 Å². The lowest BCUT2D eigenvalue weighted by Gasteiger charge is -2.36. The van der Waals surface area contributed by atoms with Gasteiger partial charge in [0.1, 0.15) is 12.4 Å². The van der Waals surface area contributed by atoms with Gasteiger partial charge in [-0.15, -0.1) is 0 Å². The molecule has 0 aliphatic carbocycles. The molecule has 0 bridgehead atoms. The molecule has 158 valence electrons. The van der Waals surface area contributed by atoms with Gasteiger partial charge in [0.2, 0.25) is 11.8 Å². The molecule has 4 rings (SSSR count). The molecule has 2 aliphatic heterocycles. The number of hydrogen-bond acceptors (Lipinski definition) is 5. The SMILES string of the molecule is CC(=O)N1CCc2nn(CC(=O)N3CCN(c4ccccc4F)CC3)c(=O)cc2C1. The van der Waals surface area contributed by atoms with E-state index in [1.54, 1.807) is 28.0 Å². The highest BCUT2D eigenvalue weighted by Gasteiger charge is 2.25. The van der Waals surface area contributed by atoms with Crippen LogP contribution in [0.25, 0.3) is 0 Å². The second kappa shape index (κ2) is 8.25. The number of halogens is 1. The Labute approximate surface area is 173 Å². The highest BCUT2D eigenvalue weighted by molar-refractivity contribution is 5.76. The van der Waals surface area contributed by atoms with Crippen molar-refractivity contribution in [2.75, 3.05) is 37.6 Å². The predicted octanol–water partition coefficient (Wildman–Crippen LogP) is 0.636. The maximum Gasteiger partial charge on any atom is 0.267 e. The zero-order valence-electron chi connectivity index (χ0n) is 16.9. The molecule has 0 unspecified atom stereocenters. The molecule has 1 saturated heterocycles. The molecule has 30 heavy (non-hydrogen) atoms. The van der Waals surface area contributed by atoms with E-state index >= 15 is 0 Å². The normalized spacial score (nSPS) is 16.4. The minimum absolute atomic E-state index is 0.0328. The summed E-state index contributed by atoms with van der Waals surface area (Å²) in [6.07, 6.45) is 0.560. The average Bonchev–Trinajstić information content (AvgIpc) is 2.74. The second-order valence-corrected chi connectivity index (χ2v) is 7.62. The summed E-state index contributed by atoms with van der Waals surface area (Å²) < 4.78 is 15.2. The number of fused-ring (bicyclic) bond motifs is 1. The van der Waals surface area contributed by atoms with Crippen LogP contribution in [0.2, 0.25) is 0 Å². The Morgan fingerprint density at radius 1 is 1.07 bits per heavy atom. The van der Waals surface area contributed by atoms with Gasteiger partial charge in [-0.3, -0.25) is 14.4 Å². The van der Waals surface area contributed by atoms with E-state index in [4.69, 9.17) is 0 Å². The van der Waals surface area contributed by atoms with Crippen LogP contribution in [0.3, 0.4) is 0 Å². The van der Waals surface area contributed by atoms with Gasteiger partial charge in [0.15, 0.2) is 0 Å². The second-order valence-electron chi connectivity index (χ2n) is 7.62. The van der Waals surface area contributed by atoms with Gasteiger partial charge in [0, 0.05) is 64.2 Å². The third kappa shape index (κ3) is 4.05. The minimum Gasteiger partial charge on any atom is -0.366 e. The van der Waals surface area contributed by atoms with Crippen molar-refractivity contribution in [1.29, 1.82) is 0 Å². The first-order valence-electron chi connectivity index (χ1n) is 10.0. The fraction of sp³-hybridized carbons (Fsp3) is 0.429. The summed E-state index contributed by atoms with van der Waals surface area (Å²) in [5.74, 6) is -0.487. The van der Waals surface area contributed by atoms with Gasteiger partial charge >= 0.3 is 0 Å². The Balaban J connectivity index is 1.40. The molecule has 2 aliphatic rings. The number of rotatable bonds is 3. The molecule has 2 amide bonds. The molecule has 0 saturated carbocycles. The third-order valence-corrected chi connectivity index (χ3v) is 5.70. The molecule has 0 spiro atoms. The molecule has 0 radical (unpaired) electrons. The van der Waals surface area contributed by atoms with Crippen LogP contribution in [-0.4, -0.2) is 64.1 Å². The van der Waals surface area contributed by atoms with E-state index in [9.17, 15) is 18.8 Å². The quantitative estimate of drug-likeness (QED) is 0.738. The fourth-order valence-corrected chi connectivity index (χ4v) is 3.95. The summed E-state index contributed by atoms with van der Waals surface area (Å²) in [6.45, 7) is 4.28. The number of carbonyl (C=O) groups is 2. The smallest absolute Gasteiger partial charge is 0.267 e. The summed E-state index contributed by atoms with van der Waals surface area (Å²) in [6, 6.07) is 8.08. The van der Waals surface area contributed by atoms with Crippen molar-refractivity contribution in [2.24, 2.45) is 0 Å². The monoisotopic (exact) mass is 413 g/mol. The zero-order valence-corrected chi connectivity index (χ0v) is 16.9. The van der Waals surface area contributed by atoms with Gasteiger partial charge in [0.05, 0.1) is 11.4 Å². The highest BCUT2D eigenvalue weighted by Crippen LogP contribution is 2.20. The molecule has 0 N–H and O–H groups in total. The highest BCUT2D eigenvalue weighted by atomic mass is 19.1. The Bertz CT molecular complexity index is 1030. The van der Waals surface area contributed by atoms with Gasteiger partial charge in [-0.05, 0) is 12.1 Å². The topological polar surface area (TPSA) is 78.8 Å². The van der Waals surface area contributed by atoms with Crippen molar-refractivity contribution >= 4 is 17.5 Å². The number of carbonyl (C=O) groups excluding carboxylic acids is 2. The van der Waals surface area contributed by atoms with Crippen molar-refractivity contribution < 1.29 is 14.0 Å². The number of piperazine rings is 1. The number of nitrogens with zero attached hydrogens (tertiary/aromatic N) is 5. The van der Waals surface area contributed by atoms with Crippen molar-refractivity contribution in [3.8, 4) is 0 Å². The number of anilines is 1. The van der Waals surface area contributed by atoms with E-state index in [2.05, 4.69) is 5.10 Å². The van der Waals surface area contributed by atoms with Crippen molar-refractivity contribution in [3.63, 3.8) is 0 Å². The van der Waals surface area contributed by atoms with Crippen LogP contribution in [0, 0.1) is 5.82 Å². The lowest BCUT2D eigenvalue weighted by atomic mass is 10.1. The molecule has 8 nitrogen and oxygen atoms in total. The first kappa shape index (κ1) is 20.1. The molecule has 0 atom stereocenters. The first-order chi connectivity index (χ1) is 14.4. The Hall–Kier alpha value is -3.23. The standard InChI is InChI=1S/C21H24FN5O3/c1-15(28)26-7-6-18-16(13-26)12-20(29)27(23-18)14-21(30)25-10-8-24(9-11-25)19-5-3-2-4-17(19)22/h2-5,12H,6-11,13-14H2,1H3. The molecule has 9 heteroatoms. The third-order valence-electron chi connectivity index (χ3n) is 5.70. The number of hydrogen-bond donors (Lipinski definition) is 0. The number of amides is 2. The van der Waals surface area contributed by atoms with E-state index in [0.29, 0.717) is 51.4 Å². The molecule has 2 aromatic rings. The Morgan fingerprint density at radius 2 is 1.80 bits per heavy atom. The summed E-state index contributed by atoms with van der Waals surface area (Å²) >= 11 is 0. The van der Waals surface area contributed by atoms with Gasteiger partial charge in [-0.2, -0.15) is 5.10 Å². The van der Waals surface area contributed by atoms with Crippen LogP contribution in [0.5, 0.6) is 0 Å². The summed E-state index contributed by atoms with van der Waals surface area (Å²) in [4.78, 5) is 42.0. The van der Waals surface area contributed by atoms with E-state index < -0.39 is 0 Å². The lowest BCUT2D eigenvalue weighted by molar-refractivity contribution is -0.132. The Morgan fingerprint density at radius 3 is 2.50 bits per heavy atom. The molecule has 1 aromatic heterocycles. The maximum atomic E-state index is 14.0. The summed E-state index contributed by atoms with van der Waals surface area (Å²) in [7, 11) is 0. The molecule has 1 fully saturated rings. The lowest BCUT2D eigenvalue weighted by Crippen LogP contribution is -2.50. The van der Waals surface area contributed by atoms with Crippen LogP contribution >= 0.6 is 0 Å². The van der Waals surface area contributed by atoms with Crippen LogP contribution < -0.4 is 10.5 Å². The maximum absolute atomic E-state index is 14.0. The van der Waals surface area contributed by atoms with Crippen molar-refractivity contribution in [2.45, 2.75) is 26.4 Å². The zero-order chi connectivity index (χ0) is 21.3. The fourth-order valence-electron chi connectivity index (χ4n) is 3.95. The Kier molecular flexibility index (Phi) is 5.52. The van der Waals surface area contributed by atoms with E-state index in [1.165, 1.54) is 23.7 Å². The summed E-state index contributed by atoms with van der Waals surface area (Å²) in [5.41, 5.74) is 1.68.